The first-order valence-electron chi connectivity index (χ1n) is 6.79. The van der Waals surface area contributed by atoms with Crippen LogP contribution in [0.4, 0.5) is 0 Å². The van der Waals surface area contributed by atoms with Gasteiger partial charge in [-0.05, 0) is 25.0 Å². The number of nitrogens with two attached hydrogens (primary N) is 1. The van der Waals surface area contributed by atoms with E-state index in [1.54, 1.807) is 31.2 Å². The fourth-order valence-electron chi connectivity index (χ4n) is 1.62. The monoisotopic (exact) mass is 307 g/mol. The Morgan fingerprint density at radius 3 is 2.43 bits per heavy atom. The second kappa shape index (κ2) is 7.73. The first-order valence-corrected chi connectivity index (χ1v) is 7.20. The normalized spacial score (nSPS) is 11.8. The van der Waals surface area contributed by atoms with Gasteiger partial charge in [0.1, 0.15) is 11.0 Å². The van der Waals surface area contributed by atoms with E-state index in [1.165, 1.54) is 0 Å². The van der Waals surface area contributed by atoms with E-state index in [-0.39, 0.29) is 16.8 Å². The summed E-state index contributed by atoms with van der Waals surface area (Å²) in [7, 11) is 0. The van der Waals surface area contributed by atoms with Crippen LogP contribution in [0.3, 0.4) is 0 Å². The molecule has 6 heteroatoms. The number of rotatable bonds is 6. The number of amides is 2. The molecule has 0 saturated heterocycles. The minimum Gasteiger partial charge on any atom is -0.389 e. The largest absolute Gasteiger partial charge is 0.389 e. The van der Waals surface area contributed by atoms with Crippen molar-refractivity contribution in [3.8, 4) is 0 Å². The summed E-state index contributed by atoms with van der Waals surface area (Å²) >= 11 is 4.88. The summed E-state index contributed by atoms with van der Waals surface area (Å²) in [4.78, 5) is 24.1. The number of hydrogen-bond donors (Lipinski definition) is 3. The van der Waals surface area contributed by atoms with E-state index in [0.717, 1.165) is 0 Å². The summed E-state index contributed by atoms with van der Waals surface area (Å²) in [5.74, 6) is -0.179. The molecule has 114 valence electrons. The number of benzene rings is 1. The Morgan fingerprint density at radius 1 is 1.24 bits per heavy atom. The number of carbonyl (C=O) groups is 2. The fourth-order valence-corrected chi connectivity index (χ4v) is 1.74. The third-order valence-corrected chi connectivity index (χ3v) is 3.07. The third kappa shape index (κ3) is 5.51. The first kappa shape index (κ1) is 17.1. The molecule has 0 spiro atoms. The molecule has 0 aliphatic heterocycles. The molecule has 1 unspecified atom stereocenters. The molecule has 21 heavy (non-hydrogen) atoms. The van der Waals surface area contributed by atoms with Gasteiger partial charge in [-0.3, -0.25) is 9.59 Å². The molecule has 0 aliphatic rings. The van der Waals surface area contributed by atoms with Crippen molar-refractivity contribution in [3.05, 3.63) is 35.4 Å². The van der Waals surface area contributed by atoms with Gasteiger partial charge in [0.2, 0.25) is 5.91 Å². The lowest BCUT2D eigenvalue weighted by Crippen LogP contribution is -2.45. The van der Waals surface area contributed by atoms with Crippen LogP contribution in [-0.4, -0.2) is 29.4 Å². The summed E-state index contributed by atoms with van der Waals surface area (Å²) < 4.78 is 0. The van der Waals surface area contributed by atoms with E-state index in [0.29, 0.717) is 23.6 Å². The third-order valence-electron chi connectivity index (χ3n) is 2.83. The van der Waals surface area contributed by atoms with Gasteiger partial charge >= 0.3 is 0 Å². The zero-order valence-electron chi connectivity index (χ0n) is 12.5. The predicted molar refractivity (Wildman–Crippen MR) is 87.1 cm³/mol. The minimum absolute atomic E-state index is 0.206. The fraction of sp³-hybridized carbons (Fsp3) is 0.400. The number of carbonyl (C=O) groups excluding carboxylic acids is 2. The number of nitrogens with one attached hydrogen (secondary N) is 2. The second-order valence-corrected chi connectivity index (χ2v) is 5.72. The topological polar surface area (TPSA) is 84.2 Å². The molecular weight excluding hydrogens is 286 g/mol. The van der Waals surface area contributed by atoms with E-state index < -0.39 is 6.04 Å². The van der Waals surface area contributed by atoms with Gasteiger partial charge in [-0.1, -0.05) is 38.2 Å². The molecular formula is C15H21N3O2S. The van der Waals surface area contributed by atoms with Gasteiger partial charge in [0.05, 0.1) is 0 Å². The predicted octanol–water partition coefficient (Wildman–Crippen LogP) is 1.21. The maximum Gasteiger partial charge on any atom is 0.251 e. The maximum absolute atomic E-state index is 12.1. The SMILES string of the molecule is CC(C)CNC(=O)C(C)NC(=O)c1cccc(C(N)=S)c1. The van der Waals surface area contributed by atoms with E-state index in [2.05, 4.69) is 10.6 Å². The van der Waals surface area contributed by atoms with Crippen LogP contribution in [-0.2, 0) is 4.79 Å². The summed E-state index contributed by atoms with van der Waals surface area (Å²) in [6, 6.07) is 6.08. The molecule has 5 nitrogen and oxygen atoms in total. The molecule has 1 aromatic carbocycles. The highest BCUT2D eigenvalue weighted by molar-refractivity contribution is 7.80. The van der Waals surface area contributed by atoms with Crippen LogP contribution in [0.2, 0.25) is 0 Å². The van der Waals surface area contributed by atoms with Crippen molar-refractivity contribution < 1.29 is 9.59 Å². The van der Waals surface area contributed by atoms with Crippen LogP contribution in [0.1, 0.15) is 36.7 Å². The molecule has 1 rings (SSSR count). The van der Waals surface area contributed by atoms with Crippen LogP contribution < -0.4 is 16.4 Å². The zero-order valence-corrected chi connectivity index (χ0v) is 13.3. The molecule has 0 radical (unpaired) electrons. The molecule has 0 aliphatic carbocycles. The average molecular weight is 307 g/mol. The standard InChI is InChI=1S/C15H21N3O2S/c1-9(2)8-17-14(19)10(3)18-15(20)12-6-4-5-11(7-12)13(16)21/h4-7,9-10H,8H2,1-3H3,(H2,16,21)(H,17,19)(H,18,20). The Hall–Kier alpha value is -1.95. The van der Waals surface area contributed by atoms with Gasteiger partial charge in [0, 0.05) is 17.7 Å². The highest BCUT2D eigenvalue weighted by atomic mass is 32.1. The minimum atomic E-state index is -0.607. The Kier molecular flexibility index (Phi) is 6.30. The van der Waals surface area contributed by atoms with E-state index in [9.17, 15) is 9.59 Å². The van der Waals surface area contributed by atoms with E-state index in [4.69, 9.17) is 18.0 Å². The van der Waals surface area contributed by atoms with Crippen molar-refractivity contribution >= 4 is 29.0 Å². The van der Waals surface area contributed by atoms with Crippen molar-refractivity contribution in [2.45, 2.75) is 26.8 Å². The second-order valence-electron chi connectivity index (χ2n) is 5.28. The van der Waals surface area contributed by atoms with Gasteiger partial charge in [0.15, 0.2) is 0 Å². The quantitative estimate of drug-likeness (QED) is 0.690. The maximum atomic E-state index is 12.1. The Morgan fingerprint density at radius 2 is 1.86 bits per heavy atom. The molecule has 0 fully saturated rings. The van der Waals surface area contributed by atoms with Crippen LogP contribution >= 0.6 is 12.2 Å². The highest BCUT2D eigenvalue weighted by Crippen LogP contribution is 2.05. The molecule has 1 aromatic rings. The van der Waals surface area contributed by atoms with Crippen LogP contribution in [0.15, 0.2) is 24.3 Å². The van der Waals surface area contributed by atoms with Crippen molar-refractivity contribution in [1.82, 2.24) is 10.6 Å². The Balaban J connectivity index is 2.66. The van der Waals surface area contributed by atoms with Crippen LogP contribution in [0.5, 0.6) is 0 Å². The van der Waals surface area contributed by atoms with Gasteiger partial charge in [0.25, 0.3) is 5.91 Å². The van der Waals surface area contributed by atoms with Crippen LogP contribution in [0, 0.1) is 5.92 Å². The summed E-state index contributed by atoms with van der Waals surface area (Å²) in [6.07, 6.45) is 0. The van der Waals surface area contributed by atoms with Gasteiger partial charge in [-0.2, -0.15) is 0 Å². The lowest BCUT2D eigenvalue weighted by atomic mass is 10.1. The molecule has 4 N–H and O–H groups in total. The molecule has 0 saturated carbocycles. The summed E-state index contributed by atoms with van der Waals surface area (Å²) in [5, 5.41) is 5.42. The highest BCUT2D eigenvalue weighted by Gasteiger charge is 2.16. The Labute approximate surface area is 130 Å². The summed E-state index contributed by atoms with van der Waals surface area (Å²) in [6.45, 7) is 6.23. The van der Waals surface area contributed by atoms with E-state index >= 15 is 0 Å². The van der Waals surface area contributed by atoms with E-state index in [1.807, 2.05) is 13.8 Å². The van der Waals surface area contributed by atoms with Gasteiger partial charge in [-0.15, -0.1) is 0 Å². The smallest absolute Gasteiger partial charge is 0.251 e. The first-order chi connectivity index (χ1) is 9.81. The molecule has 1 atom stereocenters. The molecule has 0 aromatic heterocycles. The van der Waals surface area contributed by atoms with Crippen LogP contribution in [0.25, 0.3) is 0 Å². The lowest BCUT2D eigenvalue weighted by Gasteiger charge is -2.15. The zero-order chi connectivity index (χ0) is 16.0. The summed E-state index contributed by atoms with van der Waals surface area (Å²) in [5.41, 5.74) is 6.58. The van der Waals surface area contributed by atoms with Crippen molar-refractivity contribution in [3.63, 3.8) is 0 Å². The van der Waals surface area contributed by atoms with Crippen molar-refractivity contribution in [1.29, 1.82) is 0 Å². The average Bonchev–Trinajstić information content (AvgIpc) is 2.44. The Bertz CT molecular complexity index is 543. The molecule has 0 heterocycles. The molecule has 0 bridgehead atoms. The number of thiocarbonyl (C=S) groups is 1. The van der Waals surface area contributed by atoms with Crippen molar-refractivity contribution in [2.75, 3.05) is 6.54 Å². The lowest BCUT2D eigenvalue weighted by molar-refractivity contribution is -0.122. The number of hydrogen-bond acceptors (Lipinski definition) is 3. The van der Waals surface area contributed by atoms with Crippen molar-refractivity contribution in [2.24, 2.45) is 11.7 Å². The van der Waals surface area contributed by atoms with Gasteiger partial charge in [-0.25, -0.2) is 0 Å². The molecule has 2 amide bonds. The van der Waals surface area contributed by atoms with Gasteiger partial charge < -0.3 is 16.4 Å².